The normalized spacial score (nSPS) is 12.5. The summed E-state index contributed by atoms with van der Waals surface area (Å²) in [5, 5.41) is 4.53. The number of benzene rings is 3. The molecule has 3 rings (SSSR count). The molecule has 0 radical (unpaired) electrons. The van der Waals surface area contributed by atoms with E-state index < -0.39 is 0 Å². The van der Waals surface area contributed by atoms with Gasteiger partial charge in [0.1, 0.15) is 0 Å². The van der Waals surface area contributed by atoms with E-state index >= 15 is 0 Å². The van der Waals surface area contributed by atoms with Gasteiger partial charge < -0.3 is 4.74 Å². The first-order chi connectivity index (χ1) is 9.72. The van der Waals surface area contributed by atoms with Gasteiger partial charge in [-0.3, -0.25) is 4.79 Å². The maximum absolute atomic E-state index is 12.0. The Morgan fingerprint density at radius 2 is 1.45 bits per heavy atom. The van der Waals surface area contributed by atoms with Gasteiger partial charge >= 0.3 is 5.97 Å². The van der Waals surface area contributed by atoms with Crippen LogP contribution in [0.2, 0.25) is 0 Å². The number of fused-ring (bicyclic) bond motifs is 2. The molecule has 0 heterocycles. The molecular formula is C18H16O2. The molecule has 1 unspecified atom stereocenters. The molecular weight excluding hydrogens is 248 g/mol. The molecule has 3 aromatic rings. The van der Waals surface area contributed by atoms with Crippen LogP contribution in [0.4, 0.5) is 0 Å². The lowest BCUT2D eigenvalue weighted by Crippen LogP contribution is -2.11. The summed E-state index contributed by atoms with van der Waals surface area (Å²) in [6, 6.07) is 18.5. The molecule has 0 amide bonds. The highest BCUT2D eigenvalue weighted by atomic mass is 16.5. The summed E-state index contributed by atoms with van der Waals surface area (Å²) in [6.07, 6.45) is 0. The average Bonchev–Trinajstić information content (AvgIpc) is 2.51. The van der Waals surface area contributed by atoms with Gasteiger partial charge in [-0.1, -0.05) is 48.5 Å². The lowest BCUT2D eigenvalue weighted by Gasteiger charge is -2.16. The molecule has 100 valence electrons. The fourth-order valence-electron chi connectivity index (χ4n) is 2.81. The van der Waals surface area contributed by atoms with Crippen molar-refractivity contribution in [2.45, 2.75) is 12.8 Å². The van der Waals surface area contributed by atoms with Gasteiger partial charge in [0.15, 0.2) is 0 Å². The predicted octanol–water partition coefficient (Wildman–Crippen LogP) is 4.27. The van der Waals surface area contributed by atoms with Crippen molar-refractivity contribution in [3.05, 3.63) is 60.2 Å². The molecule has 0 bridgehead atoms. The number of carbonyl (C=O) groups is 1. The third-order valence-electron chi connectivity index (χ3n) is 3.80. The quantitative estimate of drug-likeness (QED) is 0.510. The monoisotopic (exact) mass is 264 g/mol. The Labute approximate surface area is 118 Å². The molecule has 2 heteroatoms. The smallest absolute Gasteiger partial charge is 0.312 e. The van der Waals surface area contributed by atoms with Gasteiger partial charge in [-0.15, -0.1) is 0 Å². The second-order valence-corrected chi connectivity index (χ2v) is 4.98. The molecule has 0 aliphatic heterocycles. The second-order valence-electron chi connectivity index (χ2n) is 4.98. The lowest BCUT2D eigenvalue weighted by atomic mass is 9.89. The highest BCUT2D eigenvalue weighted by molar-refractivity contribution is 6.05. The van der Waals surface area contributed by atoms with Gasteiger partial charge in [0, 0.05) is 0 Å². The molecule has 3 aromatic carbocycles. The average molecular weight is 264 g/mol. The fraction of sp³-hybridized carbons (Fsp3) is 0.167. The molecule has 0 saturated heterocycles. The van der Waals surface area contributed by atoms with Gasteiger partial charge in [-0.25, -0.2) is 0 Å². The van der Waals surface area contributed by atoms with E-state index in [1.807, 2.05) is 31.2 Å². The zero-order chi connectivity index (χ0) is 14.1. The largest absolute Gasteiger partial charge is 0.469 e. The van der Waals surface area contributed by atoms with E-state index in [2.05, 4.69) is 30.3 Å². The Morgan fingerprint density at radius 1 is 0.950 bits per heavy atom. The van der Waals surface area contributed by atoms with Gasteiger partial charge in [0.25, 0.3) is 0 Å². The fourth-order valence-corrected chi connectivity index (χ4v) is 2.81. The minimum atomic E-state index is -0.281. The summed E-state index contributed by atoms with van der Waals surface area (Å²) in [5.74, 6) is -0.484. The molecule has 0 N–H and O–H groups in total. The summed E-state index contributed by atoms with van der Waals surface area (Å²) in [6.45, 7) is 1.90. The maximum Gasteiger partial charge on any atom is 0.312 e. The number of hydrogen-bond acceptors (Lipinski definition) is 2. The Hall–Kier alpha value is -2.35. The maximum atomic E-state index is 12.0. The first-order valence-corrected chi connectivity index (χ1v) is 6.70. The van der Waals surface area contributed by atoms with Crippen molar-refractivity contribution in [1.29, 1.82) is 0 Å². The Bertz CT molecular complexity index is 736. The van der Waals surface area contributed by atoms with Crippen LogP contribution in [0.1, 0.15) is 18.4 Å². The summed E-state index contributed by atoms with van der Waals surface area (Å²) < 4.78 is 4.93. The van der Waals surface area contributed by atoms with Crippen LogP contribution in [-0.2, 0) is 9.53 Å². The number of carbonyl (C=O) groups excluding carboxylic acids is 1. The van der Waals surface area contributed by atoms with Crippen molar-refractivity contribution in [2.75, 3.05) is 7.11 Å². The summed E-state index contributed by atoms with van der Waals surface area (Å²) in [7, 11) is 1.44. The Kier molecular flexibility index (Phi) is 3.15. The molecule has 0 aliphatic carbocycles. The number of hydrogen-bond donors (Lipinski definition) is 0. The number of methoxy groups -OCH3 is 1. The molecule has 0 fully saturated rings. The SMILES string of the molecule is COC(=O)C(C)c1c2ccccc2cc2ccccc12. The van der Waals surface area contributed by atoms with Crippen molar-refractivity contribution in [3.63, 3.8) is 0 Å². The summed E-state index contributed by atoms with van der Waals surface area (Å²) in [4.78, 5) is 12.0. The van der Waals surface area contributed by atoms with E-state index in [-0.39, 0.29) is 11.9 Å². The third kappa shape index (κ3) is 1.94. The van der Waals surface area contributed by atoms with Crippen LogP contribution in [0, 0.1) is 0 Å². The van der Waals surface area contributed by atoms with Crippen molar-refractivity contribution >= 4 is 27.5 Å². The summed E-state index contributed by atoms with van der Waals surface area (Å²) in [5.41, 5.74) is 1.05. The standard InChI is InChI=1S/C18H16O2/c1-12(18(19)20-2)17-15-9-5-3-7-13(15)11-14-8-4-6-10-16(14)17/h3-12H,1-2H3. The van der Waals surface area contributed by atoms with Crippen LogP contribution in [0.3, 0.4) is 0 Å². The van der Waals surface area contributed by atoms with Crippen LogP contribution >= 0.6 is 0 Å². The van der Waals surface area contributed by atoms with Crippen molar-refractivity contribution < 1.29 is 9.53 Å². The molecule has 1 atom stereocenters. The van der Waals surface area contributed by atoms with E-state index in [0.717, 1.165) is 27.1 Å². The molecule has 20 heavy (non-hydrogen) atoms. The highest BCUT2D eigenvalue weighted by Gasteiger charge is 2.20. The Morgan fingerprint density at radius 3 is 1.95 bits per heavy atom. The summed E-state index contributed by atoms with van der Waals surface area (Å²) >= 11 is 0. The number of rotatable bonds is 2. The van der Waals surface area contributed by atoms with E-state index in [0.29, 0.717) is 0 Å². The van der Waals surface area contributed by atoms with Crippen molar-refractivity contribution in [1.82, 2.24) is 0 Å². The number of esters is 1. The van der Waals surface area contributed by atoms with Gasteiger partial charge in [0.05, 0.1) is 13.0 Å². The van der Waals surface area contributed by atoms with Gasteiger partial charge in [0.2, 0.25) is 0 Å². The number of ether oxygens (including phenoxy) is 1. The minimum absolute atomic E-state index is 0.202. The van der Waals surface area contributed by atoms with Crippen LogP contribution in [0.15, 0.2) is 54.6 Å². The molecule has 0 aliphatic rings. The minimum Gasteiger partial charge on any atom is -0.469 e. The topological polar surface area (TPSA) is 26.3 Å². The van der Waals surface area contributed by atoms with Crippen molar-refractivity contribution in [3.8, 4) is 0 Å². The first kappa shape index (κ1) is 12.7. The predicted molar refractivity (Wildman–Crippen MR) is 81.9 cm³/mol. The molecule has 0 saturated carbocycles. The van der Waals surface area contributed by atoms with Crippen LogP contribution in [0.5, 0.6) is 0 Å². The van der Waals surface area contributed by atoms with Crippen LogP contribution in [-0.4, -0.2) is 13.1 Å². The first-order valence-electron chi connectivity index (χ1n) is 6.70. The zero-order valence-corrected chi connectivity index (χ0v) is 11.6. The molecule has 2 nitrogen and oxygen atoms in total. The third-order valence-corrected chi connectivity index (χ3v) is 3.80. The van der Waals surface area contributed by atoms with E-state index in [4.69, 9.17) is 4.74 Å². The zero-order valence-electron chi connectivity index (χ0n) is 11.6. The van der Waals surface area contributed by atoms with Gasteiger partial charge in [-0.2, -0.15) is 0 Å². The highest BCUT2D eigenvalue weighted by Crippen LogP contribution is 2.34. The van der Waals surface area contributed by atoms with Crippen LogP contribution < -0.4 is 0 Å². The second kappa shape index (κ2) is 4.97. The Balaban J connectivity index is 2.42. The van der Waals surface area contributed by atoms with E-state index in [1.54, 1.807) is 0 Å². The lowest BCUT2D eigenvalue weighted by molar-refractivity contribution is -0.141. The van der Waals surface area contributed by atoms with Gasteiger partial charge in [-0.05, 0) is 40.1 Å². The molecule has 0 aromatic heterocycles. The van der Waals surface area contributed by atoms with Crippen molar-refractivity contribution in [2.24, 2.45) is 0 Å². The van der Waals surface area contributed by atoms with Crippen LogP contribution in [0.25, 0.3) is 21.5 Å². The molecule has 0 spiro atoms. The van der Waals surface area contributed by atoms with E-state index in [1.165, 1.54) is 7.11 Å². The van der Waals surface area contributed by atoms with E-state index in [9.17, 15) is 4.79 Å².